The number of hydrogen-bond acceptors (Lipinski definition) is 2. The van der Waals surface area contributed by atoms with Crippen molar-refractivity contribution in [1.29, 1.82) is 0 Å². The van der Waals surface area contributed by atoms with Gasteiger partial charge in [-0.2, -0.15) is 0 Å². The molecule has 1 saturated heterocycles. The fourth-order valence-corrected chi connectivity index (χ4v) is 2.96. The molecule has 96 valence electrons. The SMILES string of the molecule is COc1ccc2[nH]cc(C[C@H]3CCN(C)C3)c2c1. The average molecular weight is 244 g/mol. The lowest BCUT2D eigenvalue weighted by molar-refractivity contribution is 0.394. The van der Waals surface area contributed by atoms with Crippen molar-refractivity contribution in [1.82, 2.24) is 9.88 Å². The Kier molecular flexibility index (Phi) is 3.00. The van der Waals surface area contributed by atoms with Gasteiger partial charge in [-0.15, -0.1) is 0 Å². The molecule has 1 N–H and O–H groups in total. The van der Waals surface area contributed by atoms with Crippen LogP contribution in [0.2, 0.25) is 0 Å². The zero-order valence-corrected chi connectivity index (χ0v) is 11.1. The fourth-order valence-electron chi connectivity index (χ4n) is 2.96. The van der Waals surface area contributed by atoms with Crippen LogP contribution in [0.4, 0.5) is 0 Å². The Morgan fingerprint density at radius 2 is 2.33 bits per heavy atom. The zero-order chi connectivity index (χ0) is 12.5. The molecule has 2 aromatic rings. The van der Waals surface area contributed by atoms with E-state index in [1.807, 2.05) is 6.07 Å². The van der Waals surface area contributed by atoms with Crippen LogP contribution in [0.1, 0.15) is 12.0 Å². The molecule has 1 aliphatic heterocycles. The molecule has 3 rings (SSSR count). The number of ether oxygens (including phenoxy) is 1. The van der Waals surface area contributed by atoms with E-state index in [0.29, 0.717) is 0 Å². The Bertz CT molecular complexity index is 546. The van der Waals surface area contributed by atoms with Gasteiger partial charge in [-0.05, 0) is 56.1 Å². The maximum Gasteiger partial charge on any atom is 0.119 e. The van der Waals surface area contributed by atoms with Crippen LogP contribution in [0, 0.1) is 5.92 Å². The highest BCUT2D eigenvalue weighted by atomic mass is 16.5. The second kappa shape index (κ2) is 4.65. The lowest BCUT2D eigenvalue weighted by Crippen LogP contribution is -2.14. The quantitative estimate of drug-likeness (QED) is 0.899. The number of methoxy groups -OCH3 is 1. The van der Waals surface area contributed by atoms with Gasteiger partial charge in [0.1, 0.15) is 5.75 Å². The summed E-state index contributed by atoms with van der Waals surface area (Å²) in [6, 6.07) is 6.24. The summed E-state index contributed by atoms with van der Waals surface area (Å²) < 4.78 is 5.31. The third kappa shape index (κ3) is 2.10. The molecule has 1 atom stereocenters. The first-order valence-electron chi connectivity index (χ1n) is 6.59. The van der Waals surface area contributed by atoms with E-state index in [2.05, 4.69) is 35.3 Å². The molecular formula is C15H20N2O. The summed E-state index contributed by atoms with van der Waals surface area (Å²) in [5.74, 6) is 1.73. The standard InChI is InChI=1S/C15H20N2O/c1-17-6-5-11(10-17)7-12-9-16-15-4-3-13(18-2)8-14(12)15/h3-4,8-9,11,16H,5-7,10H2,1-2H3/t11-/m1/s1. The van der Waals surface area contributed by atoms with E-state index in [9.17, 15) is 0 Å². The predicted octanol–water partition coefficient (Wildman–Crippen LogP) is 2.67. The van der Waals surface area contributed by atoms with Gasteiger partial charge in [0.25, 0.3) is 0 Å². The number of nitrogens with zero attached hydrogens (tertiary/aromatic N) is 1. The summed E-state index contributed by atoms with van der Waals surface area (Å²) in [4.78, 5) is 5.77. The maximum atomic E-state index is 5.31. The molecule has 0 saturated carbocycles. The van der Waals surface area contributed by atoms with Crippen LogP contribution >= 0.6 is 0 Å². The van der Waals surface area contributed by atoms with Crippen molar-refractivity contribution in [3.05, 3.63) is 30.0 Å². The van der Waals surface area contributed by atoms with Crippen molar-refractivity contribution in [3.63, 3.8) is 0 Å². The van der Waals surface area contributed by atoms with Crippen LogP contribution in [0.3, 0.4) is 0 Å². The second-order valence-electron chi connectivity index (χ2n) is 5.35. The van der Waals surface area contributed by atoms with E-state index in [1.54, 1.807) is 7.11 Å². The van der Waals surface area contributed by atoms with E-state index in [-0.39, 0.29) is 0 Å². The summed E-state index contributed by atoms with van der Waals surface area (Å²) in [6.07, 6.45) is 4.63. The van der Waals surface area contributed by atoms with Crippen LogP contribution in [0.5, 0.6) is 5.75 Å². The molecule has 0 aliphatic carbocycles. The molecule has 0 bridgehead atoms. The lowest BCUT2D eigenvalue weighted by atomic mass is 9.98. The van der Waals surface area contributed by atoms with Crippen molar-refractivity contribution in [2.45, 2.75) is 12.8 Å². The Labute approximate surface area is 108 Å². The number of benzene rings is 1. The van der Waals surface area contributed by atoms with E-state index >= 15 is 0 Å². The fraction of sp³-hybridized carbons (Fsp3) is 0.467. The van der Waals surface area contributed by atoms with Crippen molar-refractivity contribution in [3.8, 4) is 5.75 Å². The summed E-state index contributed by atoms with van der Waals surface area (Å²) in [5, 5.41) is 1.31. The van der Waals surface area contributed by atoms with Crippen LogP contribution < -0.4 is 4.74 Å². The highest BCUT2D eigenvalue weighted by Crippen LogP contribution is 2.27. The molecule has 1 aromatic heterocycles. The highest BCUT2D eigenvalue weighted by Gasteiger charge is 2.20. The van der Waals surface area contributed by atoms with Crippen molar-refractivity contribution >= 4 is 10.9 Å². The van der Waals surface area contributed by atoms with E-state index in [4.69, 9.17) is 4.74 Å². The normalized spacial score (nSPS) is 20.7. The Balaban J connectivity index is 1.87. The van der Waals surface area contributed by atoms with Crippen LogP contribution in [-0.4, -0.2) is 37.1 Å². The molecule has 0 spiro atoms. The van der Waals surface area contributed by atoms with Gasteiger partial charge in [0.2, 0.25) is 0 Å². The molecule has 1 fully saturated rings. The van der Waals surface area contributed by atoms with Gasteiger partial charge in [-0.25, -0.2) is 0 Å². The largest absolute Gasteiger partial charge is 0.497 e. The number of fused-ring (bicyclic) bond motifs is 1. The number of likely N-dealkylation sites (tertiary alicyclic amines) is 1. The molecule has 18 heavy (non-hydrogen) atoms. The molecule has 1 aliphatic rings. The Morgan fingerprint density at radius 1 is 1.44 bits per heavy atom. The maximum absolute atomic E-state index is 5.31. The first-order valence-corrected chi connectivity index (χ1v) is 6.59. The van der Waals surface area contributed by atoms with Gasteiger partial charge in [0.05, 0.1) is 7.11 Å². The third-order valence-corrected chi connectivity index (χ3v) is 3.97. The molecule has 0 unspecified atom stereocenters. The number of hydrogen-bond donors (Lipinski definition) is 1. The van der Waals surface area contributed by atoms with E-state index < -0.39 is 0 Å². The number of H-pyrrole nitrogens is 1. The topological polar surface area (TPSA) is 28.3 Å². The van der Waals surface area contributed by atoms with Crippen molar-refractivity contribution < 1.29 is 4.74 Å². The zero-order valence-electron chi connectivity index (χ0n) is 11.1. The number of aromatic amines is 1. The first kappa shape index (κ1) is 11.6. The molecule has 0 radical (unpaired) electrons. The van der Waals surface area contributed by atoms with E-state index in [0.717, 1.165) is 18.1 Å². The third-order valence-electron chi connectivity index (χ3n) is 3.97. The average Bonchev–Trinajstić information content (AvgIpc) is 2.96. The Hall–Kier alpha value is -1.48. The van der Waals surface area contributed by atoms with Crippen LogP contribution in [0.25, 0.3) is 10.9 Å². The summed E-state index contributed by atoms with van der Waals surface area (Å²) in [7, 11) is 3.93. The molecule has 0 amide bonds. The first-order chi connectivity index (χ1) is 8.76. The van der Waals surface area contributed by atoms with Crippen molar-refractivity contribution in [2.24, 2.45) is 5.92 Å². The number of aromatic nitrogens is 1. The number of rotatable bonds is 3. The highest BCUT2D eigenvalue weighted by molar-refractivity contribution is 5.84. The lowest BCUT2D eigenvalue weighted by Gasteiger charge is -2.09. The minimum atomic E-state index is 0.792. The minimum absolute atomic E-state index is 0.792. The molecule has 2 heterocycles. The van der Waals surface area contributed by atoms with Gasteiger partial charge in [-0.1, -0.05) is 0 Å². The van der Waals surface area contributed by atoms with Crippen LogP contribution in [0.15, 0.2) is 24.4 Å². The monoisotopic (exact) mass is 244 g/mol. The number of nitrogens with one attached hydrogen (secondary N) is 1. The van der Waals surface area contributed by atoms with E-state index in [1.165, 1.54) is 36.0 Å². The summed E-state index contributed by atoms with van der Waals surface area (Å²) >= 11 is 0. The summed E-state index contributed by atoms with van der Waals surface area (Å²) in [5.41, 5.74) is 2.63. The predicted molar refractivity (Wildman–Crippen MR) is 74.2 cm³/mol. The smallest absolute Gasteiger partial charge is 0.119 e. The van der Waals surface area contributed by atoms with Gasteiger partial charge in [-0.3, -0.25) is 0 Å². The molecule has 3 heteroatoms. The molecular weight excluding hydrogens is 224 g/mol. The van der Waals surface area contributed by atoms with Gasteiger partial charge in [0, 0.05) is 23.6 Å². The second-order valence-corrected chi connectivity index (χ2v) is 5.35. The van der Waals surface area contributed by atoms with Gasteiger partial charge in [0.15, 0.2) is 0 Å². The summed E-state index contributed by atoms with van der Waals surface area (Å²) in [6.45, 7) is 2.45. The Morgan fingerprint density at radius 3 is 3.06 bits per heavy atom. The van der Waals surface area contributed by atoms with Crippen LogP contribution in [-0.2, 0) is 6.42 Å². The van der Waals surface area contributed by atoms with Gasteiger partial charge < -0.3 is 14.6 Å². The minimum Gasteiger partial charge on any atom is -0.497 e. The van der Waals surface area contributed by atoms with Gasteiger partial charge >= 0.3 is 0 Å². The van der Waals surface area contributed by atoms with Crippen molar-refractivity contribution in [2.75, 3.05) is 27.2 Å². The molecule has 3 nitrogen and oxygen atoms in total. The molecule has 1 aromatic carbocycles.